The van der Waals surface area contributed by atoms with Crippen molar-refractivity contribution in [1.29, 1.82) is 0 Å². The standard InChI is InChI=1S/C9H4F16O8S2/c10-2(11,4(14,15)30-6(18,19)8(22,23)34-33-32-26)1-3(12,13)5(16,17)31-7(20,21)9(24,25)35(27,28)29/h26H,1H2,(H,27,28,29)/p-2. The van der Waals surface area contributed by atoms with Crippen molar-refractivity contribution in [2.24, 2.45) is 0 Å². The molecule has 0 spiro atoms. The van der Waals surface area contributed by atoms with Crippen LogP contribution in [0.4, 0.5) is 70.2 Å². The topological polar surface area (TPSA) is 117 Å². The number of alkyl halides is 16. The Morgan fingerprint density at radius 1 is 0.629 bits per heavy atom. The summed E-state index contributed by atoms with van der Waals surface area (Å²) in [6.45, 7) is 0. The smallest absolute Gasteiger partial charge is 0.438 e. The molecule has 0 aliphatic heterocycles. The van der Waals surface area contributed by atoms with Crippen molar-refractivity contribution in [3.8, 4) is 0 Å². The average molecular weight is 606 g/mol. The van der Waals surface area contributed by atoms with E-state index in [4.69, 9.17) is 0 Å². The maximum absolute atomic E-state index is 13.3. The van der Waals surface area contributed by atoms with Crippen molar-refractivity contribution in [3.63, 3.8) is 0 Å². The van der Waals surface area contributed by atoms with E-state index in [1.807, 2.05) is 0 Å². The monoisotopic (exact) mass is 606 g/mol. The van der Waals surface area contributed by atoms with E-state index in [0.717, 1.165) is 0 Å². The largest absolute Gasteiger partial charge is 0.743 e. The number of rotatable bonds is 14. The van der Waals surface area contributed by atoms with Gasteiger partial charge in [0, 0.05) is 0 Å². The Morgan fingerprint density at radius 2 is 0.971 bits per heavy atom. The Balaban J connectivity index is 6.01. The fourth-order valence-corrected chi connectivity index (χ4v) is 1.91. The average Bonchev–Trinajstić information content (AvgIpc) is 2.55. The van der Waals surface area contributed by atoms with Crippen LogP contribution in [0.15, 0.2) is 0 Å². The van der Waals surface area contributed by atoms with Gasteiger partial charge < -0.3 is 9.81 Å². The molecule has 0 saturated carbocycles. The molecule has 35 heavy (non-hydrogen) atoms. The van der Waals surface area contributed by atoms with Gasteiger partial charge in [-0.15, -0.1) is 0 Å². The van der Waals surface area contributed by atoms with E-state index in [0.29, 0.717) is 0 Å². The lowest BCUT2D eigenvalue weighted by molar-refractivity contribution is -0.777. The molecule has 0 N–H and O–H groups in total. The Hall–Kier alpha value is -1.06. The maximum atomic E-state index is 13.3. The lowest BCUT2D eigenvalue weighted by Gasteiger charge is -2.36. The predicted octanol–water partition coefficient (Wildman–Crippen LogP) is 3.65. The van der Waals surface area contributed by atoms with Gasteiger partial charge in [-0.05, 0) is 0 Å². The van der Waals surface area contributed by atoms with Crippen LogP contribution in [0.3, 0.4) is 0 Å². The van der Waals surface area contributed by atoms with Crippen LogP contribution in [0.5, 0.6) is 0 Å². The van der Waals surface area contributed by atoms with Gasteiger partial charge in [-0.1, -0.05) is 0 Å². The molecule has 26 heteroatoms. The minimum atomic E-state index is -7.70. The summed E-state index contributed by atoms with van der Waals surface area (Å²) in [6, 6.07) is 0. The van der Waals surface area contributed by atoms with Crippen LogP contribution in [0, 0.1) is 0 Å². The molecule has 0 fully saturated rings. The van der Waals surface area contributed by atoms with E-state index in [1.54, 1.807) is 4.74 Å². The Kier molecular flexibility index (Phi) is 9.38. The van der Waals surface area contributed by atoms with Crippen LogP contribution < -0.4 is 5.26 Å². The van der Waals surface area contributed by atoms with Gasteiger partial charge in [0.05, 0.1) is 6.42 Å². The number of halogens is 16. The van der Waals surface area contributed by atoms with Gasteiger partial charge in [0.25, 0.3) is 0 Å². The van der Waals surface area contributed by atoms with Gasteiger partial charge >= 0.3 is 46.8 Å². The first-order valence-corrected chi connectivity index (χ1v) is 9.11. The molecule has 0 aliphatic rings. The minimum absolute atomic E-state index is 1.44. The highest BCUT2D eigenvalue weighted by Crippen LogP contribution is 2.54. The van der Waals surface area contributed by atoms with Gasteiger partial charge in [0.2, 0.25) is 0 Å². The number of hydrogen-bond donors (Lipinski definition) is 0. The van der Waals surface area contributed by atoms with Gasteiger partial charge in [0.15, 0.2) is 10.1 Å². The molecule has 212 valence electrons. The van der Waals surface area contributed by atoms with Crippen molar-refractivity contribution in [2.75, 3.05) is 0 Å². The van der Waals surface area contributed by atoms with Crippen molar-refractivity contribution >= 4 is 22.2 Å². The number of ether oxygens (including phenoxy) is 2. The summed E-state index contributed by atoms with van der Waals surface area (Å²) in [7, 11) is -7.70. The molecule has 0 aromatic carbocycles. The van der Waals surface area contributed by atoms with E-state index in [1.165, 1.54) is 4.74 Å². The van der Waals surface area contributed by atoms with Crippen molar-refractivity contribution in [3.05, 3.63) is 0 Å². The second-order valence-corrected chi connectivity index (χ2v) is 7.80. The molecule has 0 unspecified atom stereocenters. The van der Waals surface area contributed by atoms with Crippen LogP contribution in [0.2, 0.25) is 0 Å². The lowest BCUT2D eigenvalue weighted by Crippen LogP contribution is -2.59. The summed E-state index contributed by atoms with van der Waals surface area (Å²) < 4.78 is 245. The summed E-state index contributed by atoms with van der Waals surface area (Å²) >= 11 is -2.17. The molecule has 0 aliphatic carbocycles. The van der Waals surface area contributed by atoms with E-state index in [9.17, 15) is 88.5 Å². The lowest BCUT2D eigenvalue weighted by atomic mass is 10.1. The number of hydrogen-bond acceptors (Lipinski definition) is 9. The zero-order valence-electron chi connectivity index (χ0n) is 14.8. The Bertz CT molecular complexity index is 846. The zero-order valence-corrected chi connectivity index (χ0v) is 16.5. The van der Waals surface area contributed by atoms with Crippen LogP contribution >= 0.6 is 12.0 Å². The zero-order chi connectivity index (χ0) is 28.7. The van der Waals surface area contributed by atoms with Crippen LogP contribution in [0.25, 0.3) is 0 Å². The summed E-state index contributed by atoms with van der Waals surface area (Å²) in [6.07, 6.45) is -33.9. The Labute approximate surface area is 183 Å². The molecule has 0 saturated heterocycles. The first-order valence-electron chi connectivity index (χ1n) is 6.96. The van der Waals surface area contributed by atoms with Crippen molar-refractivity contribution in [2.45, 2.75) is 53.2 Å². The summed E-state index contributed by atoms with van der Waals surface area (Å²) in [5, 5.41) is -2.20. The highest BCUT2D eigenvalue weighted by Gasteiger charge is 2.76. The third-order valence-electron chi connectivity index (χ3n) is 2.97. The molecule has 0 bridgehead atoms. The summed E-state index contributed by atoms with van der Waals surface area (Å²) in [4.78, 5) is 0. The van der Waals surface area contributed by atoms with Crippen LogP contribution in [-0.2, 0) is 29.0 Å². The Morgan fingerprint density at radius 3 is 1.29 bits per heavy atom. The molecule has 0 rings (SSSR count). The highest BCUT2D eigenvalue weighted by molar-refractivity contribution is 7.95. The minimum Gasteiger partial charge on any atom is -0.743 e. The molecule has 8 nitrogen and oxygen atoms in total. The summed E-state index contributed by atoms with van der Waals surface area (Å²) in [5.41, 5.74) is 0. The second kappa shape index (κ2) is 9.67. The second-order valence-electron chi connectivity index (χ2n) is 5.56. The molecule has 0 aromatic heterocycles. The molecule has 0 radical (unpaired) electrons. The molecule has 0 atom stereocenters. The van der Waals surface area contributed by atoms with Crippen molar-refractivity contribution < 1.29 is 107 Å². The summed E-state index contributed by atoms with van der Waals surface area (Å²) in [5.74, 6) is -14.5. The van der Waals surface area contributed by atoms with Gasteiger partial charge in [0.1, 0.15) is 12.0 Å². The van der Waals surface area contributed by atoms with Crippen LogP contribution in [0.1, 0.15) is 6.42 Å². The highest BCUT2D eigenvalue weighted by atomic mass is 32.2. The molecule has 0 heterocycles. The van der Waals surface area contributed by atoms with Gasteiger partial charge in [-0.2, -0.15) is 74.6 Å². The fraction of sp³-hybridized carbons (Fsp3) is 1.00. The van der Waals surface area contributed by atoms with E-state index in [-0.39, 0.29) is 0 Å². The van der Waals surface area contributed by atoms with Gasteiger partial charge in [-0.3, -0.25) is 5.04 Å². The van der Waals surface area contributed by atoms with Gasteiger partial charge in [-0.25, -0.2) is 17.9 Å². The third-order valence-corrected chi connectivity index (χ3v) is 4.40. The molecular formula is C9H2F16O8S2-2. The quantitative estimate of drug-likeness (QED) is 0.0961. The first kappa shape index (κ1) is 33.9. The predicted molar refractivity (Wildman–Crippen MR) is 65.8 cm³/mol. The normalized spacial score (nSPS) is 16.1. The SMILES string of the molecule is O=S(=O)([O-])C(F)(F)C(F)(F)OC(F)(F)C(F)(F)CC(F)(F)C(F)(F)OC(F)(F)C(F)(F)SOO[O-]. The maximum Gasteiger partial charge on any atom is 0.438 e. The molecule has 0 amide bonds. The molecular weight excluding hydrogens is 604 g/mol. The van der Waals surface area contributed by atoms with Crippen molar-refractivity contribution in [1.82, 2.24) is 0 Å². The third kappa shape index (κ3) is 7.04. The van der Waals surface area contributed by atoms with Crippen LogP contribution in [-0.4, -0.2) is 59.8 Å². The van der Waals surface area contributed by atoms with E-state index >= 15 is 0 Å². The molecule has 0 aromatic rings. The van der Waals surface area contributed by atoms with E-state index < -0.39 is 75.4 Å². The first-order chi connectivity index (χ1) is 14.9. The van der Waals surface area contributed by atoms with E-state index in [2.05, 4.69) is 9.37 Å². The fourth-order valence-electron chi connectivity index (χ4n) is 1.33.